The molecule has 76 valence electrons. The standard InChI is InChI=1S/C11H14O2S/c1-7-5-8(2)11(14(4)13)10(6-7)9(3)12/h5-6H,1-4H3. The molecule has 1 aromatic rings. The fourth-order valence-electron chi connectivity index (χ4n) is 1.60. The molecule has 0 radical (unpaired) electrons. The maximum Gasteiger partial charge on any atom is 0.166 e. The Bertz CT molecular complexity index is 370. The molecule has 0 spiro atoms. The zero-order chi connectivity index (χ0) is 10.9. The van der Waals surface area contributed by atoms with Crippen LogP contribution in [0.4, 0.5) is 0 Å². The number of rotatable bonds is 2. The third-order valence-corrected chi connectivity index (χ3v) is 3.20. The summed E-state index contributed by atoms with van der Waals surface area (Å²) in [6, 6.07) is 3.75. The van der Waals surface area contributed by atoms with Gasteiger partial charge in [-0.2, -0.15) is 0 Å². The van der Waals surface area contributed by atoms with E-state index in [0.717, 1.165) is 11.1 Å². The molecule has 0 N–H and O–H groups in total. The number of hydrogen-bond donors (Lipinski definition) is 0. The van der Waals surface area contributed by atoms with Gasteiger partial charge in [0.1, 0.15) is 6.26 Å². The van der Waals surface area contributed by atoms with E-state index in [1.807, 2.05) is 19.9 Å². The highest BCUT2D eigenvalue weighted by molar-refractivity contribution is 7.90. The minimum atomic E-state index is -1.10. The van der Waals surface area contributed by atoms with Gasteiger partial charge in [-0.25, -0.2) is 0 Å². The molecule has 1 rings (SSSR count). The first-order valence-corrected chi connectivity index (χ1v) is 5.95. The monoisotopic (exact) mass is 210 g/mol. The van der Waals surface area contributed by atoms with Gasteiger partial charge in [0, 0.05) is 5.56 Å². The summed E-state index contributed by atoms with van der Waals surface area (Å²) in [6.45, 7) is 5.32. The Hall–Kier alpha value is -0.800. The molecule has 0 aliphatic rings. The minimum Gasteiger partial charge on any atom is -0.612 e. The van der Waals surface area contributed by atoms with Crippen LogP contribution in [0.15, 0.2) is 17.0 Å². The van der Waals surface area contributed by atoms with Gasteiger partial charge in [-0.05, 0) is 43.6 Å². The van der Waals surface area contributed by atoms with Gasteiger partial charge >= 0.3 is 0 Å². The van der Waals surface area contributed by atoms with Gasteiger partial charge in [0.05, 0.1) is 5.56 Å². The second-order valence-corrected chi connectivity index (χ2v) is 4.79. The van der Waals surface area contributed by atoms with Crippen LogP contribution >= 0.6 is 0 Å². The van der Waals surface area contributed by atoms with Crippen LogP contribution in [0.2, 0.25) is 0 Å². The molecular weight excluding hydrogens is 196 g/mol. The summed E-state index contributed by atoms with van der Waals surface area (Å²) < 4.78 is 11.5. The summed E-state index contributed by atoms with van der Waals surface area (Å²) >= 11 is -1.10. The highest BCUT2D eigenvalue weighted by atomic mass is 32.2. The normalized spacial score (nSPS) is 12.6. The fourth-order valence-corrected chi connectivity index (χ4v) is 2.62. The molecule has 0 amide bonds. The van der Waals surface area contributed by atoms with E-state index < -0.39 is 11.2 Å². The lowest BCUT2D eigenvalue weighted by Gasteiger charge is -2.12. The zero-order valence-corrected chi connectivity index (χ0v) is 9.70. The van der Waals surface area contributed by atoms with E-state index in [1.165, 1.54) is 6.92 Å². The summed E-state index contributed by atoms with van der Waals surface area (Å²) in [5, 5.41) is 0. The number of carbonyl (C=O) groups excluding carboxylic acids is 1. The van der Waals surface area contributed by atoms with Crippen molar-refractivity contribution in [3.8, 4) is 0 Å². The van der Waals surface area contributed by atoms with Crippen LogP contribution in [0.25, 0.3) is 0 Å². The maximum atomic E-state index is 11.5. The molecule has 0 saturated carbocycles. The SMILES string of the molecule is CC(=O)c1cc(C)cc(C)c1[S+](C)[O-]. The molecule has 0 aromatic heterocycles. The Labute approximate surface area is 87.5 Å². The molecule has 1 aromatic carbocycles. The van der Waals surface area contributed by atoms with E-state index >= 15 is 0 Å². The number of Topliss-reactive ketones (excluding diaryl/α,β-unsaturated/α-hetero) is 1. The first kappa shape index (κ1) is 11.3. The molecule has 0 heterocycles. The Kier molecular flexibility index (Phi) is 3.34. The molecule has 0 aliphatic carbocycles. The second-order valence-electron chi connectivity index (χ2n) is 3.47. The Morgan fingerprint density at radius 2 is 1.93 bits per heavy atom. The van der Waals surface area contributed by atoms with Gasteiger partial charge in [0.2, 0.25) is 0 Å². The van der Waals surface area contributed by atoms with Gasteiger partial charge in [0.15, 0.2) is 10.7 Å². The Balaban J connectivity index is 3.44. The molecule has 1 unspecified atom stereocenters. The number of ketones is 1. The molecule has 0 bridgehead atoms. The molecule has 0 fully saturated rings. The summed E-state index contributed by atoms with van der Waals surface area (Å²) in [7, 11) is 0. The highest BCUT2D eigenvalue weighted by Crippen LogP contribution is 2.22. The van der Waals surface area contributed by atoms with E-state index in [0.29, 0.717) is 10.5 Å². The van der Waals surface area contributed by atoms with Crippen LogP contribution in [0.5, 0.6) is 0 Å². The van der Waals surface area contributed by atoms with Gasteiger partial charge in [0.25, 0.3) is 0 Å². The topological polar surface area (TPSA) is 40.1 Å². The highest BCUT2D eigenvalue weighted by Gasteiger charge is 2.18. The van der Waals surface area contributed by atoms with Crippen molar-refractivity contribution in [2.45, 2.75) is 25.7 Å². The lowest BCUT2D eigenvalue weighted by Crippen LogP contribution is -2.08. The Morgan fingerprint density at radius 1 is 1.36 bits per heavy atom. The van der Waals surface area contributed by atoms with Crippen LogP contribution in [-0.2, 0) is 11.2 Å². The second kappa shape index (κ2) is 4.15. The van der Waals surface area contributed by atoms with Gasteiger partial charge in [-0.1, -0.05) is 6.07 Å². The lowest BCUT2D eigenvalue weighted by atomic mass is 10.0. The molecule has 1 atom stereocenters. The van der Waals surface area contributed by atoms with E-state index in [1.54, 1.807) is 12.3 Å². The average Bonchev–Trinajstić information content (AvgIpc) is 2.01. The smallest absolute Gasteiger partial charge is 0.166 e. The van der Waals surface area contributed by atoms with E-state index in [2.05, 4.69) is 0 Å². The molecule has 3 heteroatoms. The third kappa shape index (κ3) is 2.16. The number of benzene rings is 1. The van der Waals surface area contributed by atoms with E-state index in [4.69, 9.17) is 0 Å². The van der Waals surface area contributed by atoms with Crippen molar-refractivity contribution < 1.29 is 9.35 Å². The van der Waals surface area contributed by atoms with Crippen molar-refractivity contribution in [2.24, 2.45) is 0 Å². The number of aryl methyl sites for hydroxylation is 2. The average molecular weight is 210 g/mol. The quantitative estimate of drug-likeness (QED) is 0.555. The first-order chi connectivity index (χ1) is 6.43. The third-order valence-electron chi connectivity index (χ3n) is 2.09. The predicted molar refractivity (Wildman–Crippen MR) is 58.3 cm³/mol. The summed E-state index contributed by atoms with van der Waals surface area (Å²) in [6.07, 6.45) is 1.60. The van der Waals surface area contributed by atoms with Crippen LogP contribution in [-0.4, -0.2) is 16.6 Å². The molecule has 14 heavy (non-hydrogen) atoms. The van der Waals surface area contributed by atoms with Crippen molar-refractivity contribution in [1.82, 2.24) is 0 Å². The molecular formula is C11H14O2S. The minimum absolute atomic E-state index is 0.0259. The van der Waals surface area contributed by atoms with E-state index in [-0.39, 0.29) is 5.78 Å². The molecule has 0 aliphatic heterocycles. The molecule has 0 saturated heterocycles. The van der Waals surface area contributed by atoms with Crippen LogP contribution in [0.1, 0.15) is 28.4 Å². The summed E-state index contributed by atoms with van der Waals surface area (Å²) in [5.74, 6) is -0.0259. The zero-order valence-electron chi connectivity index (χ0n) is 8.88. The van der Waals surface area contributed by atoms with Crippen molar-refractivity contribution in [3.63, 3.8) is 0 Å². The van der Waals surface area contributed by atoms with Crippen molar-refractivity contribution in [1.29, 1.82) is 0 Å². The molecule has 2 nitrogen and oxygen atoms in total. The number of hydrogen-bond acceptors (Lipinski definition) is 2. The van der Waals surface area contributed by atoms with Crippen LogP contribution in [0, 0.1) is 13.8 Å². The first-order valence-electron chi connectivity index (χ1n) is 4.39. The van der Waals surface area contributed by atoms with Crippen molar-refractivity contribution >= 4 is 17.0 Å². The fraction of sp³-hybridized carbons (Fsp3) is 0.364. The summed E-state index contributed by atoms with van der Waals surface area (Å²) in [5.41, 5.74) is 2.54. The van der Waals surface area contributed by atoms with Crippen LogP contribution < -0.4 is 0 Å². The van der Waals surface area contributed by atoms with Gasteiger partial charge < -0.3 is 4.55 Å². The largest absolute Gasteiger partial charge is 0.612 e. The van der Waals surface area contributed by atoms with Crippen molar-refractivity contribution in [3.05, 3.63) is 28.8 Å². The van der Waals surface area contributed by atoms with Gasteiger partial charge in [-0.15, -0.1) is 0 Å². The lowest BCUT2D eigenvalue weighted by molar-refractivity contribution is 0.101. The van der Waals surface area contributed by atoms with Crippen molar-refractivity contribution in [2.75, 3.05) is 6.26 Å². The predicted octanol–water partition coefficient (Wildman–Crippen LogP) is 2.24. The maximum absolute atomic E-state index is 11.5. The van der Waals surface area contributed by atoms with Gasteiger partial charge in [-0.3, -0.25) is 4.79 Å². The summed E-state index contributed by atoms with van der Waals surface area (Å²) in [4.78, 5) is 12.0. The van der Waals surface area contributed by atoms with E-state index in [9.17, 15) is 9.35 Å². The number of carbonyl (C=O) groups is 1. The Morgan fingerprint density at radius 3 is 2.36 bits per heavy atom. The van der Waals surface area contributed by atoms with Crippen LogP contribution in [0.3, 0.4) is 0 Å².